The fourth-order valence-electron chi connectivity index (χ4n) is 7.93. The van der Waals surface area contributed by atoms with E-state index in [0.29, 0.717) is 12.3 Å². The molecule has 4 aliphatic rings. The van der Waals surface area contributed by atoms with Gasteiger partial charge in [0.1, 0.15) is 18.3 Å². The van der Waals surface area contributed by atoms with Crippen LogP contribution < -0.4 is 0 Å². The molecule has 1 heterocycles. The Labute approximate surface area is 258 Å². The number of carboxylic acid groups (broad SMARTS) is 1. The molecule has 11 atom stereocenters. The Morgan fingerprint density at radius 3 is 2.57 bits per heavy atom. The van der Waals surface area contributed by atoms with Gasteiger partial charge in [-0.3, -0.25) is 0 Å². The number of aliphatic hydroxyl groups is 5. The highest BCUT2D eigenvalue weighted by molar-refractivity contribution is 5.73. The van der Waals surface area contributed by atoms with E-state index in [1.165, 1.54) is 5.57 Å². The monoisotopic (exact) mass is 598 g/mol. The molecule has 6 N–H and O–H groups in total. The molecule has 9 heteroatoms. The van der Waals surface area contributed by atoms with Gasteiger partial charge in [-0.2, -0.15) is 0 Å². The minimum absolute atomic E-state index is 0.0779. The van der Waals surface area contributed by atoms with Crippen LogP contribution in [0.2, 0.25) is 0 Å². The Morgan fingerprint density at radius 2 is 1.88 bits per heavy atom. The minimum atomic E-state index is -3.50. The normalized spacial score (nSPS) is 43.8. The van der Waals surface area contributed by atoms with Crippen LogP contribution in [0.25, 0.3) is 0 Å². The van der Waals surface area contributed by atoms with Crippen molar-refractivity contribution in [2.24, 2.45) is 23.2 Å². The average Bonchev–Trinajstić information content (AvgIpc) is 3.35. The van der Waals surface area contributed by atoms with E-state index >= 15 is 0 Å². The highest BCUT2D eigenvalue weighted by Gasteiger charge is 2.51. The van der Waals surface area contributed by atoms with E-state index in [-0.39, 0.29) is 36.2 Å². The summed E-state index contributed by atoms with van der Waals surface area (Å²) in [6.45, 7) is 1.43. The smallest absolute Gasteiger partial charge is 0.335 e. The number of carboxylic acids is 1. The summed E-state index contributed by atoms with van der Waals surface area (Å²) in [5.74, 6) is -1.30. The molecule has 4 fully saturated rings. The molecule has 9 nitrogen and oxygen atoms in total. The van der Waals surface area contributed by atoms with Gasteiger partial charge in [-0.15, -0.1) is 0 Å². The van der Waals surface area contributed by atoms with Gasteiger partial charge in [0, 0.05) is 8.22 Å². The molecule has 42 heavy (non-hydrogen) atoms. The third kappa shape index (κ3) is 7.04. The molecule has 0 aromatic carbocycles. The number of hydrogen-bond donors (Lipinski definition) is 6. The van der Waals surface area contributed by atoms with Crippen LogP contribution in [0.4, 0.5) is 0 Å². The molecule has 0 aromatic heterocycles. The van der Waals surface area contributed by atoms with E-state index in [2.05, 4.69) is 25.7 Å². The second-order valence-electron chi connectivity index (χ2n) is 13.2. The number of carbonyl (C=O) groups is 1. The summed E-state index contributed by atoms with van der Waals surface area (Å²) in [5, 5.41) is 62.0. The Hall–Kier alpha value is -1.59. The Kier molecular flexibility index (Phi) is 8.07. The predicted octanol–water partition coefficient (Wildman–Crippen LogP) is 3.62. The summed E-state index contributed by atoms with van der Waals surface area (Å²) >= 11 is 0. The van der Waals surface area contributed by atoms with E-state index in [0.717, 1.165) is 56.1 Å². The summed E-state index contributed by atoms with van der Waals surface area (Å²) in [4.78, 5) is 11.7. The van der Waals surface area contributed by atoms with E-state index in [1.807, 2.05) is 6.92 Å². The molecule has 3 saturated carbocycles. The lowest BCUT2D eigenvalue weighted by molar-refractivity contribution is -0.315. The quantitative estimate of drug-likeness (QED) is 0.233. The maximum absolute atomic E-state index is 11.7. The molecule has 1 saturated heterocycles. The van der Waals surface area contributed by atoms with Gasteiger partial charge >= 0.3 is 5.97 Å². The molecule has 0 aromatic rings. The molecule has 1 aliphatic heterocycles. The van der Waals surface area contributed by atoms with Crippen LogP contribution in [-0.4, -0.2) is 85.1 Å². The summed E-state index contributed by atoms with van der Waals surface area (Å²) in [6, 6.07) is 0. The average molecular weight is 599 g/mol. The number of fused-ring (bicyclic) bond motifs is 1. The van der Waals surface area contributed by atoms with Crippen molar-refractivity contribution in [2.45, 2.75) is 140 Å². The fraction of sp³-hybridized carbons (Fsp3) is 0.788. The molecule has 0 bridgehead atoms. The molecule has 0 amide bonds. The zero-order chi connectivity index (χ0) is 36.0. The van der Waals surface area contributed by atoms with Crippen LogP contribution >= 0.6 is 0 Å². The third-order valence-electron chi connectivity index (χ3n) is 10.4. The Morgan fingerprint density at radius 1 is 1.14 bits per heavy atom. The Bertz CT molecular complexity index is 1230. The van der Waals surface area contributed by atoms with Gasteiger partial charge in [0.25, 0.3) is 0 Å². The molecule has 3 aliphatic carbocycles. The number of aliphatic hydroxyl groups excluding tert-OH is 4. The van der Waals surface area contributed by atoms with Crippen molar-refractivity contribution in [1.29, 1.82) is 0 Å². The summed E-state index contributed by atoms with van der Waals surface area (Å²) in [6.07, 6.45) is -1.65. The first kappa shape index (κ1) is 25.7. The zero-order valence-electron chi connectivity index (χ0n) is 30.6. The molecular weight excluding hydrogens is 540 g/mol. The van der Waals surface area contributed by atoms with E-state index < -0.39 is 62.1 Å². The van der Waals surface area contributed by atoms with Gasteiger partial charge in [-0.1, -0.05) is 43.7 Å². The number of allylic oxidation sites excluding steroid dienone is 4. The first-order valence-electron chi connectivity index (χ1n) is 18.2. The zero-order valence-corrected chi connectivity index (χ0v) is 24.6. The van der Waals surface area contributed by atoms with Gasteiger partial charge in [0.15, 0.2) is 12.4 Å². The summed E-state index contributed by atoms with van der Waals surface area (Å²) < 4.78 is 58.9. The molecule has 0 spiro atoms. The van der Waals surface area contributed by atoms with Crippen LogP contribution in [0.15, 0.2) is 35.5 Å². The van der Waals surface area contributed by atoms with Crippen molar-refractivity contribution in [1.82, 2.24) is 0 Å². The first-order chi connectivity index (χ1) is 22.1. The lowest BCUT2D eigenvalue weighted by Gasteiger charge is -2.45. The van der Waals surface area contributed by atoms with Crippen molar-refractivity contribution in [2.75, 3.05) is 0 Å². The van der Waals surface area contributed by atoms with Gasteiger partial charge in [0.2, 0.25) is 0 Å². The lowest BCUT2D eigenvalue weighted by Crippen LogP contribution is -2.61. The third-order valence-corrected chi connectivity index (χ3v) is 10.4. The molecule has 0 radical (unpaired) electrons. The van der Waals surface area contributed by atoms with E-state index in [9.17, 15) is 35.4 Å². The summed E-state index contributed by atoms with van der Waals surface area (Å²) in [5.41, 5.74) is -0.0765. The highest BCUT2D eigenvalue weighted by Crippen LogP contribution is 2.60. The van der Waals surface area contributed by atoms with Gasteiger partial charge in [0.05, 0.1) is 17.8 Å². The second kappa shape index (κ2) is 13.2. The SMILES string of the molecule is [2H]C([2H])([2H])C(O)([C@H](CC[C@@H](C)[C@H]1CC[C@H]2/C(=C/C=C3/C[C@@H](O)CCC3=C)CCC[C@]12C)O[C@H]1O[C@@H](C(=O)O)[C@H](O)[C@@H](O)[C@@H]1O)C([2H])([2H])[2H]. The van der Waals surface area contributed by atoms with E-state index in [1.54, 1.807) is 0 Å². The molecular formula is C33H52O9. The topological polar surface area (TPSA) is 157 Å². The van der Waals surface area contributed by atoms with Crippen LogP contribution in [-0.2, 0) is 14.3 Å². The van der Waals surface area contributed by atoms with Crippen molar-refractivity contribution >= 4 is 5.97 Å². The summed E-state index contributed by atoms with van der Waals surface area (Å²) in [7, 11) is 0. The fourth-order valence-corrected chi connectivity index (χ4v) is 7.93. The van der Waals surface area contributed by atoms with Crippen LogP contribution in [0.1, 0.15) is 100.0 Å². The van der Waals surface area contributed by atoms with Gasteiger partial charge < -0.3 is 40.1 Å². The maximum atomic E-state index is 11.7. The molecule has 4 rings (SSSR count). The van der Waals surface area contributed by atoms with Crippen molar-refractivity contribution in [3.63, 3.8) is 0 Å². The van der Waals surface area contributed by atoms with Gasteiger partial charge in [-0.05, 0) is 107 Å². The van der Waals surface area contributed by atoms with Crippen LogP contribution in [0.3, 0.4) is 0 Å². The number of aliphatic carboxylic acids is 1. The standard InChI is InChI=1S/C33H52O9/c1-18-8-12-22(34)17-21(18)11-10-20-7-6-16-33(5)23(13-14-24(20)33)19(2)9-15-25(32(3,4)40)41-31-28(37)26(35)27(36)29(42-31)30(38)39/h10-11,19,22-29,31,34-37,40H,1,6-9,12-17H2,2-5H3,(H,38,39)/b20-10+,21-11-/t19-,22+,23-,24+,25+,26-,27-,28+,29-,31+,33-/m1/s1/i3D3,4D3. The number of rotatable bonds is 9. The first-order valence-corrected chi connectivity index (χ1v) is 15.2. The lowest BCUT2D eigenvalue weighted by atomic mass is 9.60. The molecule has 0 unspecified atom stereocenters. The second-order valence-corrected chi connectivity index (χ2v) is 13.2. The van der Waals surface area contributed by atoms with Crippen LogP contribution in [0, 0.1) is 23.2 Å². The highest BCUT2D eigenvalue weighted by atomic mass is 16.7. The predicted molar refractivity (Wildman–Crippen MR) is 157 cm³/mol. The van der Waals surface area contributed by atoms with Crippen molar-refractivity contribution in [3.8, 4) is 0 Å². The Balaban J connectivity index is 1.57. The maximum Gasteiger partial charge on any atom is 0.335 e. The molecule has 238 valence electrons. The van der Waals surface area contributed by atoms with E-state index in [4.69, 9.17) is 17.7 Å². The number of hydrogen-bond acceptors (Lipinski definition) is 8. The number of ether oxygens (including phenoxy) is 2. The van der Waals surface area contributed by atoms with Crippen molar-refractivity contribution < 1.29 is 53.1 Å². The minimum Gasteiger partial charge on any atom is -0.479 e. The van der Waals surface area contributed by atoms with Crippen LogP contribution in [0.5, 0.6) is 0 Å². The largest absolute Gasteiger partial charge is 0.479 e. The van der Waals surface area contributed by atoms with Crippen molar-refractivity contribution in [3.05, 3.63) is 35.5 Å². The van der Waals surface area contributed by atoms with Gasteiger partial charge in [-0.25, -0.2) is 4.79 Å².